The number of aliphatic imine (C=N–C) groups is 1. The number of nitrogens with zero attached hydrogens (tertiary/aromatic N) is 1. The van der Waals surface area contributed by atoms with E-state index in [0.717, 1.165) is 23.8 Å². The second-order valence-corrected chi connectivity index (χ2v) is 5.77. The first kappa shape index (κ1) is 15.7. The average molecular weight is 289 g/mol. The second kappa shape index (κ2) is 7.91. The molecular formula is C17H27N3O. The normalized spacial score (nSPS) is 15.7. The fraction of sp³-hybridized carbons (Fsp3) is 0.588. The maximum Gasteiger partial charge on any atom is 0.191 e. The summed E-state index contributed by atoms with van der Waals surface area (Å²) in [5.74, 6) is 1.83. The summed E-state index contributed by atoms with van der Waals surface area (Å²) in [4.78, 5) is 4.65. The third-order valence-electron chi connectivity index (χ3n) is 3.50. The molecule has 0 spiro atoms. The van der Waals surface area contributed by atoms with Crippen LogP contribution in [0.4, 0.5) is 0 Å². The molecule has 0 unspecified atom stereocenters. The molecular weight excluding hydrogens is 262 g/mol. The standard InChI is InChI=1S/C17H27N3O/c1-4-18-17(20-13(2)3)19-12-14-8-5-6-11-16(14)21-15-9-7-10-15/h5-6,8,11,13,15H,4,7,9-10,12H2,1-3H3,(H2,18,19,20). The van der Waals surface area contributed by atoms with Crippen LogP contribution in [-0.4, -0.2) is 24.7 Å². The smallest absolute Gasteiger partial charge is 0.191 e. The highest BCUT2D eigenvalue weighted by atomic mass is 16.5. The number of guanidine groups is 1. The third-order valence-corrected chi connectivity index (χ3v) is 3.50. The number of rotatable bonds is 6. The summed E-state index contributed by atoms with van der Waals surface area (Å²) in [6.07, 6.45) is 4.04. The molecule has 0 aliphatic heterocycles. The van der Waals surface area contributed by atoms with Gasteiger partial charge >= 0.3 is 0 Å². The van der Waals surface area contributed by atoms with Gasteiger partial charge in [-0.3, -0.25) is 0 Å². The molecule has 1 aliphatic rings. The van der Waals surface area contributed by atoms with Gasteiger partial charge in [0.05, 0.1) is 12.6 Å². The molecule has 1 aromatic carbocycles. The Morgan fingerprint density at radius 1 is 1.33 bits per heavy atom. The zero-order valence-corrected chi connectivity index (χ0v) is 13.4. The molecule has 0 heterocycles. The summed E-state index contributed by atoms with van der Waals surface area (Å²) < 4.78 is 6.04. The molecule has 0 atom stereocenters. The molecule has 116 valence electrons. The fourth-order valence-corrected chi connectivity index (χ4v) is 2.18. The molecule has 0 amide bonds. The Bertz CT molecular complexity index is 467. The van der Waals surface area contributed by atoms with Gasteiger partial charge in [-0.15, -0.1) is 0 Å². The van der Waals surface area contributed by atoms with Gasteiger partial charge in [0.2, 0.25) is 0 Å². The van der Waals surface area contributed by atoms with Gasteiger partial charge in [-0.25, -0.2) is 4.99 Å². The van der Waals surface area contributed by atoms with E-state index >= 15 is 0 Å². The predicted octanol–water partition coefficient (Wildman–Crippen LogP) is 3.08. The summed E-state index contributed by atoms with van der Waals surface area (Å²) in [6.45, 7) is 7.79. The van der Waals surface area contributed by atoms with Gasteiger partial charge in [-0.05, 0) is 46.1 Å². The van der Waals surface area contributed by atoms with Crippen LogP contribution in [0, 0.1) is 0 Å². The highest BCUT2D eigenvalue weighted by Crippen LogP contribution is 2.27. The van der Waals surface area contributed by atoms with Crippen LogP contribution in [0.3, 0.4) is 0 Å². The summed E-state index contributed by atoms with van der Waals surface area (Å²) in [5.41, 5.74) is 1.14. The largest absolute Gasteiger partial charge is 0.490 e. The highest BCUT2D eigenvalue weighted by Gasteiger charge is 2.20. The first-order valence-corrected chi connectivity index (χ1v) is 7.98. The van der Waals surface area contributed by atoms with E-state index in [1.807, 2.05) is 18.2 Å². The van der Waals surface area contributed by atoms with E-state index in [-0.39, 0.29) is 0 Å². The number of ether oxygens (including phenoxy) is 1. The molecule has 21 heavy (non-hydrogen) atoms. The lowest BCUT2D eigenvalue weighted by Gasteiger charge is -2.27. The molecule has 0 radical (unpaired) electrons. The van der Waals surface area contributed by atoms with Gasteiger partial charge in [0.15, 0.2) is 5.96 Å². The van der Waals surface area contributed by atoms with Crippen molar-refractivity contribution in [2.45, 2.75) is 58.7 Å². The lowest BCUT2D eigenvalue weighted by Crippen LogP contribution is -2.41. The highest BCUT2D eigenvalue weighted by molar-refractivity contribution is 5.80. The summed E-state index contributed by atoms with van der Waals surface area (Å²) in [6, 6.07) is 8.58. The van der Waals surface area contributed by atoms with Crippen molar-refractivity contribution in [3.05, 3.63) is 29.8 Å². The first-order valence-electron chi connectivity index (χ1n) is 7.98. The zero-order valence-electron chi connectivity index (χ0n) is 13.4. The number of para-hydroxylation sites is 1. The van der Waals surface area contributed by atoms with Crippen LogP contribution in [0.2, 0.25) is 0 Å². The number of benzene rings is 1. The average Bonchev–Trinajstić information content (AvgIpc) is 2.41. The molecule has 1 aromatic rings. The van der Waals surface area contributed by atoms with Crippen LogP contribution < -0.4 is 15.4 Å². The van der Waals surface area contributed by atoms with Gasteiger partial charge in [0.1, 0.15) is 5.75 Å². The quantitative estimate of drug-likeness (QED) is 0.625. The Kier molecular flexibility index (Phi) is 5.90. The van der Waals surface area contributed by atoms with E-state index < -0.39 is 0 Å². The van der Waals surface area contributed by atoms with Gasteiger partial charge in [0.25, 0.3) is 0 Å². The van der Waals surface area contributed by atoms with Crippen LogP contribution in [0.1, 0.15) is 45.6 Å². The maximum absolute atomic E-state index is 6.04. The molecule has 0 saturated heterocycles. The molecule has 2 N–H and O–H groups in total. The van der Waals surface area contributed by atoms with Crippen molar-refractivity contribution in [2.75, 3.05) is 6.54 Å². The molecule has 4 nitrogen and oxygen atoms in total. The fourth-order valence-electron chi connectivity index (χ4n) is 2.18. The van der Waals surface area contributed by atoms with E-state index in [1.165, 1.54) is 19.3 Å². The van der Waals surface area contributed by atoms with Crippen molar-refractivity contribution in [2.24, 2.45) is 4.99 Å². The van der Waals surface area contributed by atoms with Crippen molar-refractivity contribution >= 4 is 5.96 Å². The SMILES string of the molecule is CCNC(=NCc1ccccc1OC1CCC1)NC(C)C. The molecule has 2 rings (SSSR count). The second-order valence-electron chi connectivity index (χ2n) is 5.77. The Hall–Kier alpha value is -1.71. The van der Waals surface area contributed by atoms with Gasteiger partial charge in [-0.2, -0.15) is 0 Å². The number of nitrogens with one attached hydrogen (secondary N) is 2. The Morgan fingerprint density at radius 3 is 2.71 bits per heavy atom. The van der Waals surface area contributed by atoms with E-state index in [4.69, 9.17) is 4.74 Å². The molecule has 1 aliphatic carbocycles. The Balaban J connectivity index is 2.02. The van der Waals surface area contributed by atoms with Gasteiger partial charge < -0.3 is 15.4 Å². The lowest BCUT2D eigenvalue weighted by atomic mass is 9.96. The maximum atomic E-state index is 6.04. The van der Waals surface area contributed by atoms with E-state index in [1.54, 1.807) is 0 Å². The van der Waals surface area contributed by atoms with Crippen LogP contribution >= 0.6 is 0 Å². The summed E-state index contributed by atoms with van der Waals surface area (Å²) in [5, 5.41) is 6.60. The van der Waals surface area contributed by atoms with Crippen molar-refractivity contribution in [3.8, 4) is 5.75 Å². The molecule has 1 fully saturated rings. The van der Waals surface area contributed by atoms with Crippen molar-refractivity contribution < 1.29 is 4.74 Å². The third kappa shape index (κ3) is 4.96. The minimum atomic E-state index is 0.365. The topological polar surface area (TPSA) is 45.7 Å². The number of hydrogen-bond donors (Lipinski definition) is 2. The van der Waals surface area contributed by atoms with E-state index in [9.17, 15) is 0 Å². The van der Waals surface area contributed by atoms with E-state index in [0.29, 0.717) is 18.7 Å². The van der Waals surface area contributed by atoms with Gasteiger partial charge in [0, 0.05) is 18.2 Å². The summed E-state index contributed by atoms with van der Waals surface area (Å²) in [7, 11) is 0. The molecule has 0 aromatic heterocycles. The van der Waals surface area contributed by atoms with Crippen LogP contribution in [0.15, 0.2) is 29.3 Å². The van der Waals surface area contributed by atoms with Crippen molar-refractivity contribution in [1.29, 1.82) is 0 Å². The van der Waals surface area contributed by atoms with E-state index in [2.05, 4.69) is 42.5 Å². The van der Waals surface area contributed by atoms with Crippen LogP contribution in [-0.2, 0) is 6.54 Å². The first-order chi connectivity index (χ1) is 10.2. The Morgan fingerprint density at radius 2 is 2.10 bits per heavy atom. The van der Waals surface area contributed by atoms with Crippen molar-refractivity contribution in [1.82, 2.24) is 10.6 Å². The van der Waals surface area contributed by atoms with Crippen LogP contribution in [0.5, 0.6) is 5.75 Å². The van der Waals surface area contributed by atoms with Gasteiger partial charge in [-0.1, -0.05) is 18.2 Å². The Labute approximate surface area is 128 Å². The monoisotopic (exact) mass is 289 g/mol. The van der Waals surface area contributed by atoms with Crippen LogP contribution in [0.25, 0.3) is 0 Å². The lowest BCUT2D eigenvalue weighted by molar-refractivity contribution is 0.119. The minimum Gasteiger partial charge on any atom is -0.490 e. The predicted molar refractivity (Wildman–Crippen MR) is 87.8 cm³/mol. The summed E-state index contributed by atoms with van der Waals surface area (Å²) >= 11 is 0. The van der Waals surface area contributed by atoms with Crippen molar-refractivity contribution in [3.63, 3.8) is 0 Å². The minimum absolute atomic E-state index is 0.365. The molecule has 4 heteroatoms. The zero-order chi connectivity index (χ0) is 15.1. The number of hydrogen-bond acceptors (Lipinski definition) is 2. The molecule has 0 bridgehead atoms. The molecule has 1 saturated carbocycles.